The lowest BCUT2D eigenvalue weighted by Crippen LogP contribution is -2.39. The van der Waals surface area contributed by atoms with Crippen molar-refractivity contribution in [2.45, 2.75) is 30.6 Å². The first kappa shape index (κ1) is 15.5. The minimum atomic E-state index is -3.51. The van der Waals surface area contributed by atoms with Crippen molar-refractivity contribution in [2.24, 2.45) is 0 Å². The van der Waals surface area contributed by atoms with Gasteiger partial charge < -0.3 is 0 Å². The Balaban J connectivity index is 1.87. The summed E-state index contributed by atoms with van der Waals surface area (Å²) in [5.74, 6) is 0.158. The van der Waals surface area contributed by atoms with Crippen molar-refractivity contribution in [1.82, 2.24) is 14.5 Å². The lowest BCUT2D eigenvalue weighted by molar-refractivity contribution is 0.312. The Morgan fingerprint density at radius 1 is 1.41 bits per heavy atom. The number of nitrogens with zero attached hydrogens (tertiary/aromatic N) is 2. The Morgan fingerprint density at radius 2 is 2.23 bits per heavy atom. The van der Waals surface area contributed by atoms with E-state index in [1.807, 2.05) is 6.92 Å². The molecule has 0 radical (unpaired) electrons. The number of hydrogen-bond acceptors (Lipinski definition) is 3. The van der Waals surface area contributed by atoms with Gasteiger partial charge in [0.1, 0.15) is 0 Å². The summed E-state index contributed by atoms with van der Waals surface area (Å²) in [6.07, 6.45) is 3.58. The molecule has 2 heterocycles. The Hall–Kier alpha value is -1.37. The first-order valence-electron chi connectivity index (χ1n) is 7.24. The molecular weight excluding hydrogens is 322 g/mol. The second-order valence-electron chi connectivity index (χ2n) is 5.63. The lowest BCUT2D eigenvalue weighted by atomic mass is 9.94. The smallest absolute Gasteiger partial charge is 0.243 e. The number of benzene rings is 1. The topological polar surface area (TPSA) is 66.1 Å². The number of halogens is 1. The van der Waals surface area contributed by atoms with Gasteiger partial charge in [-0.25, -0.2) is 8.42 Å². The van der Waals surface area contributed by atoms with E-state index in [9.17, 15) is 8.42 Å². The van der Waals surface area contributed by atoms with E-state index >= 15 is 0 Å². The molecule has 1 unspecified atom stereocenters. The van der Waals surface area contributed by atoms with E-state index in [1.54, 1.807) is 28.7 Å². The van der Waals surface area contributed by atoms with Gasteiger partial charge in [0.15, 0.2) is 0 Å². The Bertz CT molecular complexity index is 773. The van der Waals surface area contributed by atoms with Gasteiger partial charge in [-0.2, -0.15) is 9.40 Å². The molecule has 1 aliphatic heterocycles. The van der Waals surface area contributed by atoms with Crippen LogP contribution in [0, 0.1) is 6.92 Å². The third-order valence-electron chi connectivity index (χ3n) is 4.09. The third-order valence-corrected chi connectivity index (χ3v) is 6.19. The van der Waals surface area contributed by atoms with Gasteiger partial charge in [-0.05, 0) is 43.5 Å². The van der Waals surface area contributed by atoms with Crippen LogP contribution in [-0.4, -0.2) is 36.0 Å². The molecule has 1 fully saturated rings. The van der Waals surface area contributed by atoms with E-state index in [1.165, 1.54) is 6.07 Å². The van der Waals surface area contributed by atoms with E-state index in [0.717, 1.165) is 24.1 Å². The van der Waals surface area contributed by atoms with Gasteiger partial charge in [0.25, 0.3) is 0 Å². The summed E-state index contributed by atoms with van der Waals surface area (Å²) in [7, 11) is -3.51. The van der Waals surface area contributed by atoms with Crippen LogP contribution in [0.5, 0.6) is 0 Å². The summed E-state index contributed by atoms with van der Waals surface area (Å²) < 4.78 is 27.1. The summed E-state index contributed by atoms with van der Waals surface area (Å²) in [4.78, 5) is 0.252. The first-order valence-corrected chi connectivity index (χ1v) is 9.06. The number of rotatable bonds is 3. The van der Waals surface area contributed by atoms with Crippen molar-refractivity contribution in [2.75, 3.05) is 13.1 Å². The molecule has 118 valence electrons. The summed E-state index contributed by atoms with van der Waals surface area (Å²) in [5, 5.41) is 7.48. The number of sulfonamides is 1. The number of hydrogen-bond donors (Lipinski definition) is 1. The number of piperidine rings is 1. The molecule has 22 heavy (non-hydrogen) atoms. The van der Waals surface area contributed by atoms with E-state index in [4.69, 9.17) is 11.6 Å². The third kappa shape index (κ3) is 2.91. The van der Waals surface area contributed by atoms with E-state index in [2.05, 4.69) is 10.2 Å². The molecule has 1 saturated heterocycles. The number of H-pyrrole nitrogens is 1. The Kier molecular flexibility index (Phi) is 4.25. The van der Waals surface area contributed by atoms with Crippen LogP contribution in [0.15, 0.2) is 35.4 Å². The average molecular weight is 340 g/mol. The molecule has 0 bridgehead atoms. The van der Waals surface area contributed by atoms with Crippen molar-refractivity contribution in [3.63, 3.8) is 0 Å². The highest BCUT2D eigenvalue weighted by Gasteiger charge is 2.32. The zero-order valence-corrected chi connectivity index (χ0v) is 13.9. The number of aryl methyl sites for hydroxylation is 1. The highest BCUT2D eigenvalue weighted by Crippen LogP contribution is 2.31. The highest BCUT2D eigenvalue weighted by atomic mass is 35.5. The maximum atomic E-state index is 12.8. The second kappa shape index (κ2) is 6.02. The summed E-state index contributed by atoms with van der Waals surface area (Å²) in [6, 6.07) is 6.43. The van der Waals surface area contributed by atoms with Gasteiger partial charge >= 0.3 is 0 Å². The fraction of sp³-hybridized carbons (Fsp3) is 0.400. The van der Waals surface area contributed by atoms with Crippen LogP contribution in [0.4, 0.5) is 0 Å². The monoisotopic (exact) mass is 339 g/mol. The van der Waals surface area contributed by atoms with Crippen LogP contribution in [0.25, 0.3) is 0 Å². The van der Waals surface area contributed by atoms with Crippen molar-refractivity contribution < 1.29 is 8.42 Å². The Morgan fingerprint density at radius 3 is 2.91 bits per heavy atom. The summed E-state index contributed by atoms with van der Waals surface area (Å²) in [5.41, 5.74) is 2.11. The largest absolute Gasteiger partial charge is 0.282 e. The molecule has 0 aliphatic carbocycles. The molecule has 5 nitrogen and oxygen atoms in total. The molecule has 1 atom stereocenters. The molecule has 1 aromatic carbocycles. The average Bonchev–Trinajstić information content (AvgIpc) is 2.93. The molecule has 3 rings (SSSR count). The van der Waals surface area contributed by atoms with E-state index in [0.29, 0.717) is 18.1 Å². The molecule has 1 N–H and O–H groups in total. The van der Waals surface area contributed by atoms with E-state index < -0.39 is 10.0 Å². The normalized spacial score (nSPS) is 20.2. The second-order valence-corrected chi connectivity index (χ2v) is 8.00. The molecule has 1 aromatic heterocycles. The molecule has 7 heteroatoms. The van der Waals surface area contributed by atoms with Crippen LogP contribution in [0.3, 0.4) is 0 Å². The quantitative estimate of drug-likeness (QED) is 0.935. The molecule has 2 aromatic rings. The van der Waals surface area contributed by atoms with Crippen molar-refractivity contribution in [3.8, 4) is 0 Å². The Labute approximate surface area is 135 Å². The number of nitrogens with one attached hydrogen (secondary N) is 1. The highest BCUT2D eigenvalue weighted by molar-refractivity contribution is 7.89. The summed E-state index contributed by atoms with van der Waals surface area (Å²) >= 11 is 5.92. The van der Waals surface area contributed by atoms with Gasteiger partial charge in [0, 0.05) is 29.7 Å². The van der Waals surface area contributed by atoms with Gasteiger partial charge in [0.2, 0.25) is 10.0 Å². The van der Waals surface area contributed by atoms with Crippen molar-refractivity contribution in [1.29, 1.82) is 0 Å². The molecule has 0 spiro atoms. The first-order chi connectivity index (χ1) is 10.5. The predicted octanol–water partition coefficient (Wildman–Crippen LogP) is 2.94. The zero-order valence-electron chi connectivity index (χ0n) is 12.3. The van der Waals surface area contributed by atoms with Gasteiger partial charge in [-0.3, -0.25) is 5.10 Å². The van der Waals surface area contributed by atoms with Crippen LogP contribution >= 0.6 is 11.6 Å². The number of aromatic amines is 1. The van der Waals surface area contributed by atoms with Crippen molar-refractivity contribution in [3.05, 3.63) is 46.7 Å². The van der Waals surface area contributed by atoms with E-state index in [-0.39, 0.29) is 10.8 Å². The molecule has 0 saturated carbocycles. The van der Waals surface area contributed by atoms with Crippen LogP contribution in [0.1, 0.15) is 30.0 Å². The fourth-order valence-corrected chi connectivity index (χ4v) is 4.77. The van der Waals surface area contributed by atoms with Crippen LogP contribution in [-0.2, 0) is 10.0 Å². The lowest BCUT2D eigenvalue weighted by Gasteiger charge is -2.31. The van der Waals surface area contributed by atoms with Gasteiger partial charge in [0.05, 0.1) is 11.1 Å². The fourth-order valence-electron chi connectivity index (χ4n) is 2.94. The maximum Gasteiger partial charge on any atom is 0.243 e. The standard InChI is InChI=1S/C15H18ClN3O2S/c1-11-9-17-18-15(11)12-4-3-7-19(10-12)22(20,21)14-6-2-5-13(16)8-14/h2,5-6,8-9,12H,3-4,7,10H2,1H3,(H,17,18). The maximum absolute atomic E-state index is 12.8. The van der Waals surface area contributed by atoms with Crippen LogP contribution in [0.2, 0.25) is 5.02 Å². The zero-order chi connectivity index (χ0) is 15.7. The predicted molar refractivity (Wildman–Crippen MR) is 85.5 cm³/mol. The number of aromatic nitrogens is 2. The van der Waals surface area contributed by atoms with Crippen molar-refractivity contribution >= 4 is 21.6 Å². The minimum absolute atomic E-state index is 0.158. The molecule has 1 aliphatic rings. The summed E-state index contributed by atoms with van der Waals surface area (Å²) in [6.45, 7) is 3.00. The van der Waals surface area contributed by atoms with Gasteiger partial charge in [-0.1, -0.05) is 17.7 Å². The molecular formula is C15H18ClN3O2S. The van der Waals surface area contributed by atoms with Gasteiger partial charge in [-0.15, -0.1) is 0 Å². The minimum Gasteiger partial charge on any atom is -0.282 e. The SMILES string of the molecule is Cc1cn[nH]c1C1CCCN(S(=O)(=O)c2cccc(Cl)c2)C1. The molecule has 0 amide bonds. The van der Waals surface area contributed by atoms with Crippen LogP contribution < -0.4 is 0 Å².